The minimum absolute atomic E-state index is 0.343. The molecule has 0 aliphatic heterocycles. The van der Waals surface area contributed by atoms with Crippen molar-refractivity contribution in [2.75, 3.05) is 0 Å². The molecule has 1 amide bonds. The molecule has 0 saturated heterocycles. The van der Waals surface area contributed by atoms with Gasteiger partial charge >= 0.3 is 0 Å². The maximum absolute atomic E-state index is 12.7. The van der Waals surface area contributed by atoms with Crippen LogP contribution in [0.15, 0.2) is 18.2 Å². The van der Waals surface area contributed by atoms with Gasteiger partial charge in [0, 0.05) is 9.13 Å². The minimum atomic E-state index is -0.423. The van der Waals surface area contributed by atoms with Crippen LogP contribution in [-0.4, -0.2) is 5.91 Å². The van der Waals surface area contributed by atoms with Crippen LogP contribution < -0.4 is 11.3 Å². The quantitative estimate of drug-likeness (QED) is 0.349. The van der Waals surface area contributed by atoms with Gasteiger partial charge in [0.15, 0.2) is 0 Å². The molecule has 0 radical (unpaired) electrons. The molecule has 0 aromatic heterocycles. The molecule has 3 N–H and O–H groups in total. The Kier molecular flexibility index (Phi) is 2.99. The van der Waals surface area contributed by atoms with Crippen molar-refractivity contribution >= 4 is 28.5 Å². The SMILES string of the molecule is NNC(=O)c1ccc(F)c(I)c1. The van der Waals surface area contributed by atoms with Gasteiger partial charge in [-0.3, -0.25) is 10.2 Å². The summed E-state index contributed by atoms with van der Waals surface area (Å²) in [5.41, 5.74) is 2.31. The van der Waals surface area contributed by atoms with E-state index < -0.39 is 5.91 Å². The molecule has 64 valence electrons. The predicted molar refractivity (Wildman–Crippen MR) is 50.8 cm³/mol. The van der Waals surface area contributed by atoms with Crippen LogP contribution in [0.25, 0.3) is 0 Å². The van der Waals surface area contributed by atoms with Crippen LogP contribution in [-0.2, 0) is 0 Å². The number of amides is 1. The molecule has 0 atom stereocenters. The molecule has 12 heavy (non-hydrogen) atoms. The number of nitrogen functional groups attached to an aromatic ring is 1. The number of nitrogens with one attached hydrogen (secondary N) is 1. The van der Waals surface area contributed by atoms with E-state index in [2.05, 4.69) is 0 Å². The van der Waals surface area contributed by atoms with Crippen molar-refractivity contribution in [2.45, 2.75) is 0 Å². The molecule has 0 saturated carbocycles. The summed E-state index contributed by atoms with van der Waals surface area (Å²) in [4.78, 5) is 10.9. The molecule has 1 aromatic carbocycles. The van der Waals surface area contributed by atoms with Crippen molar-refractivity contribution in [3.8, 4) is 0 Å². The number of hydrogen-bond donors (Lipinski definition) is 2. The Labute approximate surface area is 82.2 Å². The lowest BCUT2D eigenvalue weighted by Gasteiger charge is -1.99. The third-order valence-corrected chi connectivity index (χ3v) is 2.14. The zero-order valence-corrected chi connectivity index (χ0v) is 8.13. The molecule has 0 aliphatic rings. The van der Waals surface area contributed by atoms with Gasteiger partial charge in [0.25, 0.3) is 5.91 Å². The average Bonchev–Trinajstić information content (AvgIpc) is 2.08. The zero-order chi connectivity index (χ0) is 9.14. The van der Waals surface area contributed by atoms with Gasteiger partial charge in [-0.1, -0.05) is 0 Å². The van der Waals surface area contributed by atoms with Gasteiger partial charge in [0.2, 0.25) is 0 Å². The lowest BCUT2D eigenvalue weighted by molar-refractivity contribution is 0.0953. The number of carbonyl (C=O) groups is 1. The molecule has 0 spiro atoms. The van der Waals surface area contributed by atoms with Crippen molar-refractivity contribution in [1.82, 2.24) is 5.43 Å². The molecule has 5 heteroatoms. The number of hydrazine groups is 1. The highest BCUT2D eigenvalue weighted by Crippen LogP contribution is 2.12. The van der Waals surface area contributed by atoms with Crippen molar-refractivity contribution in [3.63, 3.8) is 0 Å². The van der Waals surface area contributed by atoms with Gasteiger partial charge in [0.1, 0.15) is 5.82 Å². The highest BCUT2D eigenvalue weighted by molar-refractivity contribution is 14.1. The Morgan fingerprint density at radius 2 is 2.25 bits per heavy atom. The molecule has 1 rings (SSSR count). The first-order chi connectivity index (χ1) is 5.65. The number of rotatable bonds is 1. The van der Waals surface area contributed by atoms with Crippen molar-refractivity contribution < 1.29 is 9.18 Å². The number of carbonyl (C=O) groups excluding carboxylic acids is 1. The number of hydrogen-bond acceptors (Lipinski definition) is 2. The monoisotopic (exact) mass is 280 g/mol. The smallest absolute Gasteiger partial charge is 0.265 e. The summed E-state index contributed by atoms with van der Waals surface area (Å²) in [6.45, 7) is 0. The van der Waals surface area contributed by atoms with Crippen LogP contribution in [0.5, 0.6) is 0 Å². The summed E-state index contributed by atoms with van der Waals surface area (Å²) < 4.78 is 13.1. The molecular formula is C7H6FIN2O. The second-order valence-corrected chi connectivity index (χ2v) is 3.26. The highest BCUT2D eigenvalue weighted by atomic mass is 127. The molecule has 0 aliphatic carbocycles. The lowest BCUT2D eigenvalue weighted by Crippen LogP contribution is -2.30. The largest absolute Gasteiger partial charge is 0.290 e. The van der Waals surface area contributed by atoms with E-state index in [4.69, 9.17) is 5.84 Å². The molecular weight excluding hydrogens is 274 g/mol. The van der Waals surface area contributed by atoms with E-state index in [-0.39, 0.29) is 5.82 Å². The second kappa shape index (κ2) is 3.81. The van der Waals surface area contributed by atoms with Gasteiger partial charge in [-0.15, -0.1) is 0 Å². The zero-order valence-electron chi connectivity index (χ0n) is 5.97. The van der Waals surface area contributed by atoms with Crippen LogP contribution in [0.1, 0.15) is 10.4 Å². The maximum Gasteiger partial charge on any atom is 0.265 e. The van der Waals surface area contributed by atoms with Crippen molar-refractivity contribution in [1.29, 1.82) is 0 Å². The number of nitrogens with two attached hydrogens (primary N) is 1. The Balaban J connectivity index is 3.05. The first kappa shape index (κ1) is 9.40. The van der Waals surface area contributed by atoms with Crippen LogP contribution in [0.4, 0.5) is 4.39 Å². The Morgan fingerprint density at radius 1 is 1.58 bits per heavy atom. The number of halogens is 2. The summed E-state index contributed by atoms with van der Waals surface area (Å²) in [7, 11) is 0. The van der Waals surface area contributed by atoms with E-state index >= 15 is 0 Å². The van der Waals surface area contributed by atoms with Gasteiger partial charge in [-0.05, 0) is 40.8 Å². The third kappa shape index (κ3) is 1.92. The first-order valence-corrected chi connectivity index (χ1v) is 4.19. The van der Waals surface area contributed by atoms with Gasteiger partial charge in [0.05, 0.1) is 0 Å². The molecule has 1 aromatic rings. The minimum Gasteiger partial charge on any atom is -0.290 e. The van der Waals surface area contributed by atoms with Crippen molar-refractivity contribution in [2.24, 2.45) is 5.84 Å². The molecule has 0 bridgehead atoms. The fourth-order valence-corrected chi connectivity index (χ4v) is 1.24. The molecule has 0 unspecified atom stereocenters. The normalized spacial score (nSPS) is 9.58. The fraction of sp³-hybridized carbons (Fsp3) is 0. The van der Waals surface area contributed by atoms with E-state index in [1.54, 1.807) is 22.6 Å². The number of benzene rings is 1. The predicted octanol–water partition coefficient (Wildman–Crippen LogP) is 1.03. The third-order valence-electron chi connectivity index (χ3n) is 1.31. The molecule has 3 nitrogen and oxygen atoms in total. The van der Waals surface area contributed by atoms with E-state index in [9.17, 15) is 9.18 Å². The maximum atomic E-state index is 12.7. The van der Waals surface area contributed by atoms with Gasteiger partial charge in [-0.2, -0.15) is 0 Å². The summed E-state index contributed by atoms with van der Waals surface area (Å²) >= 11 is 1.80. The Morgan fingerprint density at radius 3 is 2.75 bits per heavy atom. The van der Waals surface area contributed by atoms with Crippen molar-refractivity contribution in [3.05, 3.63) is 33.1 Å². The van der Waals surface area contributed by atoms with E-state index in [0.717, 1.165) is 0 Å². The van der Waals surface area contributed by atoms with E-state index in [0.29, 0.717) is 9.13 Å². The standard InChI is InChI=1S/C7H6FIN2O/c8-5-2-1-4(3-6(5)9)7(12)11-10/h1-3H,10H2,(H,11,12). The summed E-state index contributed by atoms with van der Waals surface area (Å²) in [5.74, 6) is 4.13. The summed E-state index contributed by atoms with van der Waals surface area (Å²) in [5, 5.41) is 0. The lowest BCUT2D eigenvalue weighted by atomic mass is 10.2. The van der Waals surface area contributed by atoms with Crippen LogP contribution in [0.2, 0.25) is 0 Å². The van der Waals surface area contributed by atoms with E-state index in [1.807, 2.05) is 5.43 Å². The van der Waals surface area contributed by atoms with Crippen LogP contribution in [0.3, 0.4) is 0 Å². The van der Waals surface area contributed by atoms with E-state index in [1.165, 1.54) is 18.2 Å². The second-order valence-electron chi connectivity index (χ2n) is 2.10. The summed E-state index contributed by atoms with van der Waals surface area (Å²) in [6, 6.07) is 4.03. The summed E-state index contributed by atoms with van der Waals surface area (Å²) in [6.07, 6.45) is 0. The molecule has 0 heterocycles. The van der Waals surface area contributed by atoms with Crippen LogP contribution in [0, 0.1) is 9.39 Å². The topological polar surface area (TPSA) is 55.1 Å². The average molecular weight is 280 g/mol. The highest BCUT2D eigenvalue weighted by Gasteiger charge is 2.05. The molecule has 0 fully saturated rings. The Bertz CT molecular complexity index is 316. The van der Waals surface area contributed by atoms with Gasteiger partial charge in [-0.25, -0.2) is 10.2 Å². The van der Waals surface area contributed by atoms with Crippen LogP contribution >= 0.6 is 22.6 Å². The van der Waals surface area contributed by atoms with Gasteiger partial charge < -0.3 is 0 Å². The Hall–Kier alpha value is -0.690. The fourth-order valence-electron chi connectivity index (χ4n) is 0.721. The first-order valence-electron chi connectivity index (χ1n) is 3.11.